The topological polar surface area (TPSA) is 64.9 Å². The largest absolute Gasteiger partial charge is 0.396 e. The van der Waals surface area contributed by atoms with Gasteiger partial charge < -0.3 is 15.2 Å². The third-order valence-corrected chi connectivity index (χ3v) is 6.61. The van der Waals surface area contributed by atoms with Gasteiger partial charge in [0, 0.05) is 54.7 Å². The molecule has 6 rings (SSSR count). The number of nitrogens with two attached hydrogens (primary N) is 1. The summed E-state index contributed by atoms with van der Waals surface area (Å²) in [5.74, 6) is 0.199. The quantitative estimate of drug-likeness (QED) is 0.387. The van der Waals surface area contributed by atoms with Crippen molar-refractivity contribution in [1.82, 2.24) is 19.1 Å². The van der Waals surface area contributed by atoms with E-state index in [0.717, 1.165) is 46.5 Å². The van der Waals surface area contributed by atoms with Crippen LogP contribution in [0.2, 0.25) is 0 Å². The zero-order valence-corrected chi connectivity index (χ0v) is 18.5. The van der Waals surface area contributed by atoms with Gasteiger partial charge >= 0.3 is 0 Å². The van der Waals surface area contributed by atoms with Gasteiger partial charge in [-0.15, -0.1) is 0 Å². The molecule has 7 heteroatoms. The molecule has 0 bridgehead atoms. The number of nitrogens with zero attached hydrogens (tertiary/aromatic N) is 5. The van der Waals surface area contributed by atoms with Crippen LogP contribution in [0.4, 0.5) is 15.8 Å². The molecule has 0 amide bonds. The lowest BCUT2D eigenvalue weighted by Gasteiger charge is -2.28. The highest BCUT2D eigenvalue weighted by Crippen LogP contribution is 2.35. The smallest absolute Gasteiger partial charge is 0.167 e. The van der Waals surface area contributed by atoms with Crippen molar-refractivity contribution in [2.75, 3.05) is 23.7 Å². The number of hydrogen-bond acceptors (Lipinski definition) is 4. The number of imidazole rings is 1. The average Bonchev–Trinajstić information content (AvgIpc) is 3.41. The fraction of sp³-hybridized carbons (Fsp3) is 0.231. The molecule has 3 aromatic heterocycles. The van der Waals surface area contributed by atoms with Gasteiger partial charge in [0.15, 0.2) is 5.65 Å². The number of rotatable bonds is 3. The lowest BCUT2D eigenvalue weighted by molar-refractivity contribution is 0.578. The molecule has 0 atom stereocenters. The molecule has 1 saturated heterocycles. The van der Waals surface area contributed by atoms with E-state index in [1.807, 2.05) is 36.1 Å². The summed E-state index contributed by atoms with van der Waals surface area (Å²) in [6.07, 6.45) is 7.49. The maximum atomic E-state index is 14.4. The van der Waals surface area contributed by atoms with Crippen molar-refractivity contribution < 1.29 is 4.39 Å². The first-order valence-corrected chi connectivity index (χ1v) is 11.3. The van der Waals surface area contributed by atoms with Crippen molar-refractivity contribution in [2.45, 2.75) is 19.3 Å². The molecule has 0 spiro atoms. The first kappa shape index (κ1) is 19.8. The number of benzene rings is 2. The average molecular weight is 441 g/mol. The van der Waals surface area contributed by atoms with Gasteiger partial charge in [-0.25, -0.2) is 14.4 Å². The van der Waals surface area contributed by atoms with E-state index in [1.54, 1.807) is 6.07 Å². The Morgan fingerprint density at radius 2 is 1.82 bits per heavy atom. The normalized spacial score (nSPS) is 14.4. The number of halogens is 1. The molecule has 2 aromatic carbocycles. The number of hydrogen-bond donors (Lipinski definition) is 1. The zero-order valence-electron chi connectivity index (χ0n) is 18.5. The summed E-state index contributed by atoms with van der Waals surface area (Å²) in [6.45, 7) is 2.02. The third-order valence-electron chi connectivity index (χ3n) is 6.61. The predicted molar refractivity (Wildman–Crippen MR) is 131 cm³/mol. The minimum Gasteiger partial charge on any atom is -0.396 e. The summed E-state index contributed by atoms with van der Waals surface area (Å²) in [4.78, 5) is 12.2. The second-order valence-electron chi connectivity index (χ2n) is 8.73. The van der Waals surface area contributed by atoms with Crippen LogP contribution in [-0.2, 0) is 7.05 Å². The van der Waals surface area contributed by atoms with E-state index in [-0.39, 0.29) is 5.69 Å². The SMILES string of the molecule is Cn1ccc2cc(-n3c(-c4ccc(N)c(F)c4)nc4c(N5CCCCC5)ccnc43)ccc21. The maximum Gasteiger partial charge on any atom is 0.167 e. The Morgan fingerprint density at radius 3 is 2.64 bits per heavy atom. The number of aryl methyl sites for hydroxylation is 1. The highest BCUT2D eigenvalue weighted by molar-refractivity contribution is 5.92. The van der Waals surface area contributed by atoms with Crippen molar-refractivity contribution in [3.63, 3.8) is 0 Å². The third kappa shape index (κ3) is 3.23. The highest BCUT2D eigenvalue weighted by atomic mass is 19.1. The Balaban J connectivity index is 1.63. The molecule has 5 aromatic rings. The molecule has 2 N–H and O–H groups in total. The minimum atomic E-state index is -0.450. The molecule has 0 radical (unpaired) electrons. The fourth-order valence-corrected chi connectivity index (χ4v) is 4.86. The van der Waals surface area contributed by atoms with Crippen molar-refractivity contribution in [1.29, 1.82) is 0 Å². The molecule has 1 aliphatic rings. The fourth-order valence-electron chi connectivity index (χ4n) is 4.86. The van der Waals surface area contributed by atoms with Gasteiger partial charge in [0.2, 0.25) is 0 Å². The van der Waals surface area contributed by atoms with Crippen LogP contribution >= 0.6 is 0 Å². The summed E-state index contributed by atoms with van der Waals surface area (Å²) in [6, 6.07) is 15.3. The summed E-state index contributed by atoms with van der Waals surface area (Å²) in [7, 11) is 2.03. The van der Waals surface area contributed by atoms with Gasteiger partial charge in [0.05, 0.1) is 11.4 Å². The number of anilines is 2. The van der Waals surface area contributed by atoms with Crippen LogP contribution in [0.1, 0.15) is 19.3 Å². The summed E-state index contributed by atoms with van der Waals surface area (Å²) >= 11 is 0. The molecule has 0 unspecified atom stereocenters. The van der Waals surface area contributed by atoms with Gasteiger partial charge in [0.25, 0.3) is 0 Å². The number of nitrogen functional groups attached to an aromatic ring is 1. The standard InChI is InChI=1S/C26H25FN6/c1-31-14-10-17-15-19(6-8-22(17)31)33-25(18-5-7-21(28)20(27)16-18)30-24-23(9-11-29-26(24)33)32-12-3-2-4-13-32/h5-11,14-16H,2-4,12-13,28H2,1H3. The van der Waals surface area contributed by atoms with Crippen molar-refractivity contribution in [2.24, 2.45) is 7.05 Å². The highest BCUT2D eigenvalue weighted by Gasteiger charge is 2.22. The molecule has 33 heavy (non-hydrogen) atoms. The second kappa shape index (κ2) is 7.62. The van der Waals surface area contributed by atoms with E-state index in [9.17, 15) is 4.39 Å². The van der Waals surface area contributed by atoms with Crippen molar-refractivity contribution >= 4 is 33.4 Å². The zero-order chi connectivity index (χ0) is 22.5. The maximum absolute atomic E-state index is 14.4. The second-order valence-corrected chi connectivity index (χ2v) is 8.73. The first-order valence-electron chi connectivity index (χ1n) is 11.3. The lowest BCUT2D eigenvalue weighted by atomic mass is 10.1. The van der Waals surface area contributed by atoms with Gasteiger partial charge in [-0.3, -0.25) is 4.57 Å². The van der Waals surface area contributed by atoms with E-state index in [2.05, 4.69) is 33.7 Å². The van der Waals surface area contributed by atoms with E-state index in [4.69, 9.17) is 15.7 Å². The molecule has 1 fully saturated rings. The van der Waals surface area contributed by atoms with Crippen molar-refractivity contribution in [3.05, 3.63) is 66.7 Å². The number of fused-ring (bicyclic) bond motifs is 2. The summed E-state index contributed by atoms with van der Waals surface area (Å²) < 4.78 is 18.6. The first-order chi connectivity index (χ1) is 16.1. The van der Waals surface area contributed by atoms with Crippen LogP contribution in [0.15, 0.2) is 60.9 Å². The summed E-state index contributed by atoms with van der Waals surface area (Å²) in [5.41, 5.74) is 11.3. The van der Waals surface area contributed by atoms with Crippen LogP contribution < -0.4 is 10.6 Å². The molecule has 166 valence electrons. The van der Waals surface area contributed by atoms with Gasteiger partial charge in [-0.2, -0.15) is 0 Å². The molecule has 0 aliphatic carbocycles. The molecule has 4 heterocycles. The van der Waals surface area contributed by atoms with Crippen LogP contribution in [0.5, 0.6) is 0 Å². The molecule has 1 aliphatic heterocycles. The molecule has 0 saturated carbocycles. The van der Waals surface area contributed by atoms with Gasteiger partial charge in [0.1, 0.15) is 17.2 Å². The van der Waals surface area contributed by atoms with E-state index >= 15 is 0 Å². The van der Waals surface area contributed by atoms with Crippen LogP contribution in [-0.4, -0.2) is 32.2 Å². The number of aromatic nitrogens is 4. The van der Waals surface area contributed by atoms with E-state index in [0.29, 0.717) is 11.4 Å². The molecular weight excluding hydrogens is 415 g/mol. The Kier molecular flexibility index (Phi) is 4.57. The van der Waals surface area contributed by atoms with Gasteiger partial charge in [-0.1, -0.05) is 0 Å². The van der Waals surface area contributed by atoms with Crippen LogP contribution in [0.25, 0.3) is 39.1 Å². The molecule has 6 nitrogen and oxygen atoms in total. The Hall–Kier alpha value is -3.87. The lowest BCUT2D eigenvalue weighted by Crippen LogP contribution is -2.29. The van der Waals surface area contributed by atoms with E-state index < -0.39 is 5.82 Å². The monoisotopic (exact) mass is 440 g/mol. The van der Waals surface area contributed by atoms with E-state index in [1.165, 1.54) is 25.3 Å². The van der Waals surface area contributed by atoms with Gasteiger partial charge in [-0.05, 0) is 67.8 Å². The van der Waals surface area contributed by atoms with Crippen LogP contribution in [0.3, 0.4) is 0 Å². The predicted octanol–water partition coefficient (Wildman–Crippen LogP) is 5.29. The number of pyridine rings is 1. The van der Waals surface area contributed by atoms with Crippen molar-refractivity contribution in [3.8, 4) is 17.1 Å². The molecular formula is C26H25FN6. The Labute approximate surface area is 191 Å². The summed E-state index contributed by atoms with van der Waals surface area (Å²) in [5, 5.41) is 1.12. The van der Waals surface area contributed by atoms with Crippen LogP contribution in [0, 0.1) is 5.82 Å². The Bertz CT molecular complexity index is 1490. The minimum absolute atomic E-state index is 0.124. The Morgan fingerprint density at radius 1 is 0.970 bits per heavy atom. The number of piperidine rings is 1.